The van der Waals surface area contributed by atoms with E-state index in [9.17, 15) is 73.1 Å². The number of amides is 8. The first-order valence-electron chi connectivity index (χ1n) is 30.3. The van der Waals surface area contributed by atoms with Gasteiger partial charge in [-0.25, -0.2) is 8.42 Å². The van der Waals surface area contributed by atoms with Crippen molar-refractivity contribution in [3.63, 3.8) is 0 Å². The lowest BCUT2D eigenvalue weighted by molar-refractivity contribution is -0.143. The molecule has 0 heterocycles. The molecule has 0 aliphatic carbocycles. The summed E-state index contributed by atoms with van der Waals surface area (Å²) in [7, 11) is -5.37. The number of nitrogens with zero attached hydrogens (tertiary/aromatic N) is 1. The highest BCUT2D eigenvalue weighted by Gasteiger charge is 2.41. The molecule has 88 heavy (non-hydrogen) atoms. The van der Waals surface area contributed by atoms with Crippen molar-refractivity contribution in [3.05, 3.63) is 29.3 Å². The van der Waals surface area contributed by atoms with Gasteiger partial charge in [0.05, 0.1) is 22.6 Å². The molecule has 0 radical (unpaired) electrons. The van der Waals surface area contributed by atoms with Crippen LogP contribution < -0.4 is 65.9 Å². The van der Waals surface area contributed by atoms with Gasteiger partial charge in [0.1, 0.15) is 42.3 Å². The first-order chi connectivity index (χ1) is 40.8. The number of primary amides is 1. The van der Waals surface area contributed by atoms with Crippen molar-refractivity contribution >= 4 is 57.3 Å². The van der Waals surface area contributed by atoms with Gasteiger partial charge in [-0.1, -0.05) is 69.2 Å². The number of nitrogens with one attached hydrogen (secondary N) is 7. The molecule has 0 spiro atoms. The second-order valence-electron chi connectivity index (χ2n) is 24.7. The molecule has 0 unspecified atom stereocenters. The van der Waals surface area contributed by atoms with Crippen LogP contribution in [0.1, 0.15) is 170 Å². The van der Waals surface area contributed by atoms with Gasteiger partial charge in [0, 0.05) is 12.6 Å². The van der Waals surface area contributed by atoms with Crippen molar-refractivity contribution in [2.45, 2.75) is 225 Å². The maximum Gasteiger partial charge on any atom is 0.416 e. The van der Waals surface area contributed by atoms with Gasteiger partial charge in [0.15, 0.2) is 0 Å². The Bertz CT molecular complexity index is 2470. The van der Waals surface area contributed by atoms with Crippen molar-refractivity contribution in [1.82, 2.24) is 41.5 Å². The third-order valence-electron chi connectivity index (χ3n) is 13.9. The van der Waals surface area contributed by atoms with Gasteiger partial charge < -0.3 is 65.9 Å². The number of carbonyl (C=O) groups excluding carboxylic acids is 8. The molecule has 0 aliphatic heterocycles. The summed E-state index contributed by atoms with van der Waals surface area (Å²) in [6, 6.07) is -10.3. The number of rotatable bonds is 42. The maximum absolute atomic E-state index is 14.5. The zero-order valence-corrected chi connectivity index (χ0v) is 53.6. The van der Waals surface area contributed by atoms with E-state index in [1.54, 1.807) is 41.5 Å². The van der Waals surface area contributed by atoms with E-state index in [0.29, 0.717) is 36.4 Å². The Labute approximate surface area is 515 Å². The monoisotopic (exact) mass is 1290 g/mol. The van der Waals surface area contributed by atoms with Crippen LogP contribution in [0.2, 0.25) is 0 Å². The second-order valence-corrected chi connectivity index (χ2v) is 26.6. The van der Waals surface area contributed by atoms with Crippen molar-refractivity contribution < 1.29 is 73.1 Å². The molecule has 1 aromatic rings. The summed E-state index contributed by atoms with van der Waals surface area (Å²) in [4.78, 5) is 110. The minimum Gasteiger partial charge on any atom is -0.368 e. The largest absolute Gasteiger partial charge is 0.416 e. The molecule has 17 N–H and O–H groups in total. The van der Waals surface area contributed by atoms with Crippen molar-refractivity contribution in [2.24, 2.45) is 58.3 Å². The molecule has 1 rings (SSSR count). The number of hydrogen-bond donors (Lipinski definition) is 12. The van der Waals surface area contributed by atoms with E-state index in [0.717, 1.165) is 0 Å². The first-order valence-corrected chi connectivity index (χ1v) is 31.8. The average Bonchev–Trinajstić information content (AvgIpc) is 1.37. The first kappa shape index (κ1) is 80.3. The fourth-order valence-corrected chi connectivity index (χ4v) is 11.1. The standard InChI is InChI=1S/C58H101F6N13O10S/c1-33(2)23-40(68)31-77(88(86,87)41-29-38(57(59,60)61)28-39(30-41)58(62,63)64)32-49(78)70-42(17-11-14-20-65)51(80)74-48(27-37(9)10)56(85)76-46(25-35(5)6)54(83)72-43(18-12-15-21-66)52(81)71-44(19-13-16-22-67)53(82)75-47(26-36(7)8)55(84)73-45(50(69)79)24-34(3)4/h28-30,33-37,40,42-48H,11-27,31-32,65-68H2,1-10H3,(H2,69,79)(H,70,78)(H,71,81)(H,72,83)(H,73,84)(H,74,80)(H,75,82)(H,76,85)/t40-,42-,43-,44-,45-,46-,47-,48-/m0/s1. The van der Waals surface area contributed by atoms with E-state index in [1.165, 1.54) is 0 Å². The molecule has 0 saturated carbocycles. The maximum atomic E-state index is 14.5. The van der Waals surface area contributed by atoms with Crippen molar-refractivity contribution in [2.75, 3.05) is 32.7 Å². The number of sulfonamides is 1. The lowest BCUT2D eigenvalue weighted by Gasteiger charge is -2.29. The average molecular weight is 1290 g/mol. The predicted octanol–water partition coefficient (Wildman–Crippen LogP) is 3.54. The van der Waals surface area contributed by atoms with E-state index in [1.807, 2.05) is 27.7 Å². The van der Waals surface area contributed by atoms with Gasteiger partial charge >= 0.3 is 12.4 Å². The highest BCUT2D eigenvalue weighted by atomic mass is 32.2. The van der Waals surface area contributed by atoms with Crippen molar-refractivity contribution in [3.8, 4) is 0 Å². The summed E-state index contributed by atoms with van der Waals surface area (Å²) in [5.41, 5.74) is 25.3. The summed E-state index contributed by atoms with van der Waals surface area (Å²) < 4.78 is 112. The van der Waals surface area contributed by atoms with Crippen LogP contribution in [-0.2, 0) is 60.7 Å². The number of nitrogens with two attached hydrogens (primary N) is 5. The molecular weight excluding hydrogens is 1180 g/mol. The molecule has 8 amide bonds. The minimum atomic E-state index is -5.42. The smallest absolute Gasteiger partial charge is 0.368 e. The van der Waals surface area contributed by atoms with Crippen LogP contribution in [0.15, 0.2) is 23.1 Å². The topological polar surface area (TPSA) is 388 Å². The molecule has 0 aliphatic rings. The Morgan fingerprint density at radius 1 is 0.443 bits per heavy atom. The second kappa shape index (κ2) is 38.8. The summed E-state index contributed by atoms with van der Waals surface area (Å²) in [5, 5.41) is 18.6. The number of alkyl halides is 6. The van der Waals surface area contributed by atoms with Crippen LogP contribution in [0.4, 0.5) is 26.3 Å². The molecule has 23 nitrogen and oxygen atoms in total. The summed E-state index contributed by atoms with van der Waals surface area (Å²) in [6.45, 7) is 16.4. The Balaban J connectivity index is 3.71. The molecule has 0 fully saturated rings. The van der Waals surface area contributed by atoms with E-state index in [2.05, 4.69) is 37.2 Å². The van der Waals surface area contributed by atoms with Crippen LogP contribution in [-0.4, -0.2) is 141 Å². The fraction of sp³-hybridized carbons (Fsp3) is 0.759. The fourth-order valence-electron chi connectivity index (χ4n) is 9.56. The van der Waals surface area contributed by atoms with Crippen LogP contribution in [0.3, 0.4) is 0 Å². The van der Waals surface area contributed by atoms with Crippen LogP contribution in [0, 0.1) is 29.6 Å². The van der Waals surface area contributed by atoms with Gasteiger partial charge in [-0.2, -0.15) is 30.6 Å². The normalized spacial score (nSPS) is 15.1. The molecular formula is C58H101F6N13O10S. The Kier molecular flexibility index (Phi) is 35.4. The molecule has 0 bridgehead atoms. The molecule has 8 atom stereocenters. The number of carbonyl (C=O) groups is 8. The minimum absolute atomic E-state index is 0.00425. The van der Waals surface area contributed by atoms with E-state index in [4.69, 9.17) is 28.7 Å². The highest BCUT2D eigenvalue weighted by Crippen LogP contribution is 2.38. The lowest BCUT2D eigenvalue weighted by Crippen LogP contribution is -2.60. The number of halogens is 6. The highest BCUT2D eigenvalue weighted by molar-refractivity contribution is 7.89. The molecule has 506 valence electrons. The Morgan fingerprint density at radius 2 is 0.727 bits per heavy atom. The van der Waals surface area contributed by atoms with Crippen LogP contribution >= 0.6 is 0 Å². The Morgan fingerprint density at radius 3 is 1.02 bits per heavy atom. The van der Waals surface area contributed by atoms with E-state index >= 15 is 0 Å². The zero-order valence-electron chi connectivity index (χ0n) is 52.8. The zero-order chi connectivity index (χ0) is 67.4. The Hall–Kier alpha value is -5.69. The van der Waals surface area contributed by atoms with Crippen LogP contribution in [0.5, 0.6) is 0 Å². The predicted molar refractivity (Wildman–Crippen MR) is 322 cm³/mol. The number of hydrogen-bond acceptors (Lipinski definition) is 14. The third-order valence-corrected chi connectivity index (χ3v) is 15.7. The quantitative estimate of drug-likeness (QED) is 0.0329. The lowest BCUT2D eigenvalue weighted by atomic mass is 9.98. The number of unbranched alkanes of at least 4 members (excludes halogenated alkanes) is 3. The van der Waals surface area contributed by atoms with Gasteiger partial charge in [0.2, 0.25) is 57.3 Å². The molecule has 0 saturated heterocycles. The summed E-state index contributed by atoms with van der Waals surface area (Å²) in [5.74, 6) is -7.63. The molecule has 1 aromatic carbocycles. The summed E-state index contributed by atoms with van der Waals surface area (Å²) in [6.07, 6.45) is -8.32. The third kappa shape index (κ3) is 30.2. The van der Waals surface area contributed by atoms with Gasteiger partial charge in [0.25, 0.3) is 0 Å². The van der Waals surface area contributed by atoms with Crippen molar-refractivity contribution in [1.29, 1.82) is 0 Å². The van der Waals surface area contributed by atoms with E-state index in [-0.39, 0.29) is 125 Å². The van der Waals surface area contributed by atoms with Gasteiger partial charge in [-0.05, 0) is 157 Å². The van der Waals surface area contributed by atoms with Gasteiger partial charge in [-0.3, -0.25) is 38.4 Å². The molecule has 0 aromatic heterocycles. The number of benzene rings is 1. The van der Waals surface area contributed by atoms with Crippen LogP contribution in [0.25, 0.3) is 0 Å². The summed E-state index contributed by atoms with van der Waals surface area (Å²) >= 11 is 0. The SMILES string of the molecule is CC(C)C[C@H](N)CN(CC(=O)N[C@@H](CCCCN)C(=O)N[C@@H](CC(C)C)C(=O)N[C@@H](CC(C)C)C(=O)N[C@@H](CCCCN)C(=O)N[C@@H](CCCCN)C(=O)N[C@@H](CC(C)C)C(=O)N[C@@H](CC(C)C)C(N)=O)S(=O)(=O)c1cc(C(F)(F)F)cc(C(F)(F)F)c1. The van der Waals surface area contributed by atoms with E-state index < -0.39 is 147 Å². The molecule has 30 heteroatoms. The van der Waals surface area contributed by atoms with Gasteiger partial charge in [-0.15, -0.1) is 0 Å².